The van der Waals surface area contributed by atoms with Crippen molar-refractivity contribution in [3.05, 3.63) is 0 Å². The third-order valence-corrected chi connectivity index (χ3v) is 6.29. The second-order valence-electron chi connectivity index (χ2n) is 5.74. The van der Waals surface area contributed by atoms with Crippen molar-refractivity contribution in [2.75, 3.05) is 20.4 Å². The number of carboxylic acids is 1. The van der Waals surface area contributed by atoms with Crippen LogP contribution in [0.25, 0.3) is 0 Å². The smallest absolute Gasteiger partial charge is 0.337 e. The first-order chi connectivity index (χ1) is 10.6. The molecule has 0 heterocycles. The molecule has 0 saturated heterocycles. The molecule has 0 radical (unpaired) electrons. The maximum absolute atomic E-state index is 12.0. The molecule has 9 heteroatoms. The third-order valence-electron chi connectivity index (χ3n) is 3.52. The van der Waals surface area contributed by atoms with Crippen LogP contribution in [0.4, 0.5) is 0 Å². The zero-order chi connectivity index (χ0) is 18.1. The molecule has 1 atom stereocenters. The quantitative estimate of drug-likeness (QED) is 0.394. The molecule has 0 rings (SSSR count). The molecule has 23 heavy (non-hydrogen) atoms. The fourth-order valence-electron chi connectivity index (χ4n) is 2.26. The summed E-state index contributed by atoms with van der Waals surface area (Å²) in [6.45, 7) is 5.77. The number of carboxylic acid groups (broad SMARTS) is 1. The highest BCUT2D eigenvalue weighted by atomic mass is 31.2. The molecular formula is C14H29O7PSi. The normalized spacial score (nSPS) is 14.7. The number of unbranched alkanes of at least 4 members (excludes halogenated alkanes) is 1. The molecule has 0 aromatic carbocycles. The summed E-state index contributed by atoms with van der Waals surface area (Å²) in [5.74, 6) is -1.39. The van der Waals surface area contributed by atoms with E-state index >= 15 is 0 Å². The number of Topliss-reactive ketones (excluding diaryl/α,β-unsaturated/α-hetero) is 1. The summed E-state index contributed by atoms with van der Waals surface area (Å²) in [6.07, 6.45) is 1.59. The fraction of sp³-hybridized carbons (Fsp3) is 0.857. The second kappa shape index (κ2) is 10.4. The van der Waals surface area contributed by atoms with E-state index in [-0.39, 0.29) is 24.8 Å². The molecule has 0 bridgehead atoms. The second-order valence-corrected chi connectivity index (χ2v) is 10.3. The standard InChI is InChI=1S/C14H29O7PSi/c1-6-7-9-14(13(16)17,21-23(4)5)10-8-12(15)11-22(18,19-2)20-3/h23H,6-11H2,1-5H3,(H,16,17). The van der Waals surface area contributed by atoms with Crippen molar-refractivity contribution >= 4 is 28.4 Å². The SMILES string of the molecule is CCCCC(CCC(=O)CP(=O)(OC)OC)(O[SiH](C)C)C(=O)O. The first kappa shape index (κ1) is 22.5. The van der Waals surface area contributed by atoms with E-state index < -0.39 is 28.2 Å². The van der Waals surface area contributed by atoms with E-state index in [4.69, 9.17) is 13.5 Å². The Bertz CT molecular complexity index is 433. The predicted molar refractivity (Wildman–Crippen MR) is 90.6 cm³/mol. The van der Waals surface area contributed by atoms with Crippen LogP contribution in [0, 0.1) is 0 Å². The van der Waals surface area contributed by atoms with Gasteiger partial charge >= 0.3 is 13.6 Å². The van der Waals surface area contributed by atoms with Crippen LogP contribution < -0.4 is 0 Å². The molecule has 1 unspecified atom stereocenters. The van der Waals surface area contributed by atoms with Crippen LogP contribution in [0.15, 0.2) is 0 Å². The summed E-state index contributed by atoms with van der Waals surface area (Å²) in [5.41, 5.74) is -1.34. The summed E-state index contributed by atoms with van der Waals surface area (Å²) in [5, 5.41) is 9.62. The van der Waals surface area contributed by atoms with Gasteiger partial charge in [0.25, 0.3) is 0 Å². The zero-order valence-electron chi connectivity index (χ0n) is 14.7. The van der Waals surface area contributed by atoms with Crippen LogP contribution in [-0.4, -0.2) is 51.9 Å². The fourth-order valence-corrected chi connectivity index (χ4v) is 4.50. The maximum Gasteiger partial charge on any atom is 0.337 e. The molecule has 1 N–H and O–H groups in total. The maximum atomic E-state index is 12.0. The molecule has 136 valence electrons. The van der Waals surface area contributed by atoms with Crippen LogP contribution in [0.3, 0.4) is 0 Å². The van der Waals surface area contributed by atoms with Gasteiger partial charge in [0.2, 0.25) is 0 Å². The Balaban J connectivity index is 4.98. The molecule has 0 spiro atoms. The zero-order valence-corrected chi connectivity index (χ0v) is 16.7. The Morgan fingerprint density at radius 1 is 1.17 bits per heavy atom. The monoisotopic (exact) mass is 368 g/mol. The number of ketones is 1. The summed E-state index contributed by atoms with van der Waals surface area (Å²) in [7, 11) is -2.60. The Labute approximate surface area is 140 Å². The molecule has 7 nitrogen and oxygen atoms in total. The topological polar surface area (TPSA) is 99.1 Å². The van der Waals surface area contributed by atoms with Crippen LogP contribution in [0.2, 0.25) is 13.1 Å². The summed E-state index contributed by atoms with van der Waals surface area (Å²) < 4.78 is 27.2. The molecule has 0 aliphatic heterocycles. The van der Waals surface area contributed by atoms with E-state index in [9.17, 15) is 19.3 Å². The first-order valence-electron chi connectivity index (χ1n) is 7.78. The Morgan fingerprint density at radius 2 is 1.74 bits per heavy atom. The van der Waals surface area contributed by atoms with Crippen molar-refractivity contribution in [3.8, 4) is 0 Å². The minimum Gasteiger partial charge on any atom is -0.479 e. The molecule has 0 aliphatic rings. The van der Waals surface area contributed by atoms with Gasteiger partial charge < -0.3 is 18.6 Å². The van der Waals surface area contributed by atoms with Gasteiger partial charge in [0.15, 0.2) is 14.6 Å². The lowest BCUT2D eigenvalue weighted by molar-refractivity contribution is -0.157. The number of hydrogen-bond acceptors (Lipinski definition) is 6. The number of aliphatic carboxylic acids is 1. The molecule has 0 aromatic rings. The van der Waals surface area contributed by atoms with Crippen LogP contribution in [0.1, 0.15) is 39.0 Å². The first-order valence-corrected chi connectivity index (χ1v) is 12.3. The number of carbonyl (C=O) groups excluding carboxylic acids is 1. The molecular weight excluding hydrogens is 339 g/mol. The number of rotatable bonds is 13. The number of hydrogen-bond donors (Lipinski definition) is 1. The van der Waals surface area contributed by atoms with Crippen LogP contribution in [-0.2, 0) is 27.6 Å². The molecule has 0 aromatic heterocycles. The molecule has 0 amide bonds. The third kappa shape index (κ3) is 7.72. The van der Waals surface area contributed by atoms with Gasteiger partial charge in [0, 0.05) is 20.6 Å². The van der Waals surface area contributed by atoms with E-state index in [1.807, 2.05) is 20.0 Å². The highest BCUT2D eigenvalue weighted by Gasteiger charge is 2.40. The van der Waals surface area contributed by atoms with E-state index in [0.717, 1.165) is 6.42 Å². The average Bonchev–Trinajstić information content (AvgIpc) is 2.49. The van der Waals surface area contributed by atoms with Gasteiger partial charge in [-0.1, -0.05) is 19.8 Å². The van der Waals surface area contributed by atoms with Crippen molar-refractivity contribution in [3.63, 3.8) is 0 Å². The van der Waals surface area contributed by atoms with E-state index in [0.29, 0.717) is 12.8 Å². The minimum atomic E-state index is -3.42. The lowest BCUT2D eigenvalue weighted by Gasteiger charge is -2.32. The highest BCUT2D eigenvalue weighted by molar-refractivity contribution is 7.54. The summed E-state index contributed by atoms with van der Waals surface area (Å²) in [4.78, 5) is 23.8. The van der Waals surface area contributed by atoms with Gasteiger partial charge in [-0.25, -0.2) is 4.79 Å². The molecule has 0 aliphatic carbocycles. The van der Waals surface area contributed by atoms with Gasteiger partial charge in [-0.2, -0.15) is 0 Å². The van der Waals surface area contributed by atoms with Gasteiger partial charge in [-0.05, 0) is 25.9 Å². The average molecular weight is 368 g/mol. The Hall–Kier alpha value is -0.533. The van der Waals surface area contributed by atoms with Gasteiger partial charge in [0.1, 0.15) is 11.9 Å². The van der Waals surface area contributed by atoms with Crippen molar-refractivity contribution in [2.45, 2.75) is 57.7 Å². The van der Waals surface area contributed by atoms with Crippen molar-refractivity contribution in [1.29, 1.82) is 0 Å². The van der Waals surface area contributed by atoms with Crippen molar-refractivity contribution in [2.24, 2.45) is 0 Å². The largest absolute Gasteiger partial charge is 0.479 e. The highest BCUT2D eigenvalue weighted by Crippen LogP contribution is 2.46. The van der Waals surface area contributed by atoms with E-state index in [1.165, 1.54) is 14.2 Å². The van der Waals surface area contributed by atoms with Gasteiger partial charge in [-0.3, -0.25) is 9.36 Å². The van der Waals surface area contributed by atoms with Gasteiger partial charge in [0.05, 0.1) is 0 Å². The molecule has 0 saturated carbocycles. The van der Waals surface area contributed by atoms with Crippen molar-refractivity contribution < 1.29 is 32.7 Å². The van der Waals surface area contributed by atoms with E-state index in [2.05, 4.69) is 0 Å². The molecule has 0 fully saturated rings. The summed E-state index contributed by atoms with van der Waals surface area (Å²) >= 11 is 0. The Kier molecular flexibility index (Phi) is 10.1. The lowest BCUT2D eigenvalue weighted by Crippen LogP contribution is -2.45. The minimum absolute atomic E-state index is 0.0339. The summed E-state index contributed by atoms with van der Waals surface area (Å²) in [6, 6.07) is 0. The Morgan fingerprint density at radius 3 is 2.13 bits per heavy atom. The van der Waals surface area contributed by atoms with E-state index in [1.54, 1.807) is 0 Å². The van der Waals surface area contributed by atoms with Crippen LogP contribution in [0.5, 0.6) is 0 Å². The number of carbonyl (C=O) groups is 2. The van der Waals surface area contributed by atoms with Gasteiger partial charge in [-0.15, -0.1) is 0 Å². The lowest BCUT2D eigenvalue weighted by atomic mass is 9.91. The predicted octanol–water partition coefficient (Wildman–Crippen LogP) is 2.84. The van der Waals surface area contributed by atoms with Crippen molar-refractivity contribution in [1.82, 2.24) is 0 Å². The van der Waals surface area contributed by atoms with Crippen LogP contribution >= 0.6 is 7.60 Å².